The van der Waals surface area contributed by atoms with Crippen LogP contribution in [0.3, 0.4) is 0 Å². The van der Waals surface area contributed by atoms with Crippen LogP contribution in [-0.4, -0.2) is 23.8 Å². The molecule has 140 valence electrons. The van der Waals surface area contributed by atoms with Gasteiger partial charge in [0, 0.05) is 12.7 Å². The summed E-state index contributed by atoms with van der Waals surface area (Å²) in [6, 6.07) is 16.0. The number of likely N-dealkylation sites (N-methyl/N-ethyl adjacent to an activating group) is 1. The van der Waals surface area contributed by atoms with Crippen LogP contribution in [0.25, 0.3) is 0 Å². The van der Waals surface area contributed by atoms with E-state index < -0.39 is 11.5 Å². The van der Waals surface area contributed by atoms with Crippen LogP contribution >= 0.6 is 0 Å². The van der Waals surface area contributed by atoms with E-state index >= 15 is 0 Å². The summed E-state index contributed by atoms with van der Waals surface area (Å²) in [5, 5.41) is 0. The van der Waals surface area contributed by atoms with Gasteiger partial charge in [0.05, 0.1) is 5.92 Å². The number of carbonyl (C=O) groups excluding carboxylic acids is 1. The zero-order chi connectivity index (χ0) is 19.2. The highest BCUT2D eigenvalue weighted by molar-refractivity contribution is 6.02. The van der Waals surface area contributed by atoms with Crippen molar-refractivity contribution in [2.24, 2.45) is 10.7 Å². The smallest absolute Gasteiger partial charge is 0.239 e. The van der Waals surface area contributed by atoms with E-state index in [-0.39, 0.29) is 11.9 Å². The van der Waals surface area contributed by atoms with Gasteiger partial charge in [0.25, 0.3) is 0 Å². The number of nitrogens with zero attached hydrogens (tertiary/aromatic N) is 2. The molecule has 4 N–H and O–H groups in total. The summed E-state index contributed by atoms with van der Waals surface area (Å²) in [5.41, 5.74) is 15.1. The number of hydrogen-bond acceptors (Lipinski definition) is 4. The predicted molar refractivity (Wildman–Crippen MR) is 108 cm³/mol. The molecule has 5 heteroatoms. The van der Waals surface area contributed by atoms with E-state index in [4.69, 9.17) is 16.5 Å². The third kappa shape index (κ3) is 2.87. The Morgan fingerprint density at radius 3 is 2.33 bits per heavy atom. The number of nitrogen functional groups attached to an aromatic ring is 1. The van der Waals surface area contributed by atoms with Crippen LogP contribution in [-0.2, 0) is 10.3 Å². The molecule has 2 aromatic rings. The van der Waals surface area contributed by atoms with Gasteiger partial charge in [0.15, 0.2) is 5.96 Å². The van der Waals surface area contributed by atoms with Crippen LogP contribution in [0.5, 0.6) is 0 Å². The molecule has 27 heavy (non-hydrogen) atoms. The Labute approximate surface area is 160 Å². The second-order valence-corrected chi connectivity index (χ2v) is 7.87. The first kappa shape index (κ1) is 17.6. The lowest BCUT2D eigenvalue weighted by Crippen LogP contribution is -2.52. The molecule has 5 nitrogen and oxygen atoms in total. The number of amides is 1. The van der Waals surface area contributed by atoms with E-state index in [1.165, 1.54) is 29.7 Å². The summed E-state index contributed by atoms with van der Waals surface area (Å²) in [6.45, 7) is 1.96. The molecule has 2 atom stereocenters. The van der Waals surface area contributed by atoms with Gasteiger partial charge in [-0.3, -0.25) is 9.69 Å². The average Bonchev–Trinajstić information content (AvgIpc) is 2.60. The standard InChI is InChI=1S/C22H26N4O/c1-22(17-7-4-8-18(23)13-17)19(20(27)26(2)21(24)25-22)16-11-9-15(10-12-16)14-5-3-6-14/h4,7-14,19H,3,5-6,23H2,1-2H3,(H2,24,25)/t19-,22+/m0/s1. The van der Waals surface area contributed by atoms with E-state index in [9.17, 15) is 4.79 Å². The number of aliphatic imine (C=N–C) groups is 1. The molecule has 4 rings (SSSR count). The van der Waals surface area contributed by atoms with Gasteiger partial charge in [-0.1, -0.05) is 42.8 Å². The summed E-state index contributed by atoms with van der Waals surface area (Å²) >= 11 is 0. The molecule has 1 amide bonds. The van der Waals surface area contributed by atoms with Gasteiger partial charge in [0.2, 0.25) is 5.91 Å². The first-order valence-corrected chi connectivity index (χ1v) is 9.49. The van der Waals surface area contributed by atoms with Gasteiger partial charge in [0.1, 0.15) is 5.54 Å². The first-order chi connectivity index (χ1) is 12.9. The highest BCUT2D eigenvalue weighted by Crippen LogP contribution is 2.45. The lowest BCUT2D eigenvalue weighted by atomic mass is 9.73. The quantitative estimate of drug-likeness (QED) is 0.822. The molecule has 0 aromatic heterocycles. The van der Waals surface area contributed by atoms with Gasteiger partial charge in [-0.2, -0.15) is 0 Å². The zero-order valence-electron chi connectivity index (χ0n) is 15.9. The van der Waals surface area contributed by atoms with Crippen molar-refractivity contribution in [1.82, 2.24) is 4.90 Å². The van der Waals surface area contributed by atoms with Crippen molar-refractivity contribution in [3.8, 4) is 0 Å². The summed E-state index contributed by atoms with van der Waals surface area (Å²) in [6.07, 6.45) is 3.82. The normalized spacial score (nSPS) is 25.9. The van der Waals surface area contributed by atoms with E-state index in [2.05, 4.69) is 24.3 Å². The average molecular weight is 362 g/mol. The summed E-state index contributed by atoms with van der Waals surface area (Å²) < 4.78 is 0. The van der Waals surface area contributed by atoms with Crippen molar-refractivity contribution in [1.29, 1.82) is 0 Å². The third-order valence-electron chi connectivity index (χ3n) is 6.15. The van der Waals surface area contributed by atoms with Crippen molar-refractivity contribution in [2.75, 3.05) is 12.8 Å². The minimum atomic E-state index is -0.805. The van der Waals surface area contributed by atoms with Crippen LogP contribution in [0.15, 0.2) is 53.5 Å². The van der Waals surface area contributed by atoms with Gasteiger partial charge in [-0.25, -0.2) is 4.99 Å². The van der Waals surface area contributed by atoms with Crippen molar-refractivity contribution in [3.63, 3.8) is 0 Å². The molecule has 2 aromatic carbocycles. The summed E-state index contributed by atoms with van der Waals surface area (Å²) in [4.78, 5) is 19.4. The molecular formula is C22H26N4O. The first-order valence-electron chi connectivity index (χ1n) is 9.49. The van der Waals surface area contributed by atoms with Gasteiger partial charge < -0.3 is 11.5 Å². The molecule has 0 radical (unpaired) electrons. The van der Waals surface area contributed by atoms with Crippen molar-refractivity contribution >= 4 is 17.6 Å². The zero-order valence-corrected chi connectivity index (χ0v) is 15.9. The highest BCUT2D eigenvalue weighted by atomic mass is 16.2. The maximum atomic E-state index is 13.2. The molecule has 1 aliphatic carbocycles. The Morgan fingerprint density at radius 2 is 1.74 bits per heavy atom. The number of anilines is 1. The molecular weight excluding hydrogens is 336 g/mol. The molecule has 0 unspecified atom stereocenters. The van der Waals surface area contributed by atoms with Crippen molar-refractivity contribution in [3.05, 3.63) is 65.2 Å². The number of nitrogens with two attached hydrogens (primary N) is 2. The van der Waals surface area contributed by atoms with Crippen LogP contribution in [0, 0.1) is 0 Å². The Hall–Kier alpha value is -2.82. The second-order valence-electron chi connectivity index (χ2n) is 7.87. The topological polar surface area (TPSA) is 84.7 Å². The largest absolute Gasteiger partial charge is 0.399 e. The highest BCUT2D eigenvalue weighted by Gasteiger charge is 2.47. The fraction of sp³-hybridized carbons (Fsp3) is 0.364. The van der Waals surface area contributed by atoms with Crippen molar-refractivity contribution < 1.29 is 4.79 Å². The SMILES string of the molecule is CN1C(=O)[C@H](c2ccc(C3CCC3)cc2)[C@@](C)(c2cccc(N)c2)N=C1N. The minimum absolute atomic E-state index is 0.0520. The number of hydrogen-bond donors (Lipinski definition) is 2. The summed E-state index contributed by atoms with van der Waals surface area (Å²) in [5.74, 6) is 0.390. The number of rotatable bonds is 3. The Kier molecular flexibility index (Phi) is 4.17. The molecule has 1 saturated carbocycles. The van der Waals surface area contributed by atoms with E-state index in [1.54, 1.807) is 7.05 Å². The van der Waals surface area contributed by atoms with Gasteiger partial charge in [-0.05, 0) is 54.5 Å². The fourth-order valence-electron chi connectivity index (χ4n) is 4.18. The molecule has 1 heterocycles. The lowest BCUT2D eigenvalue weighted by Gasteiger charge is -2.41. The summed E-state index contributed by atoms with van der Waals surface area (Å²) in [7, 11) is 1.68. The van der Waals surface area contributed by atoms with Crippen molar-refractivity contribution in [2.45, 2.75) is 43.6 Å². The predicted octanol–water partition coefficient (Wildman–Crippen LogP) is 3.32. The molecule has 2 aliphatic rings. The van der Waals surface area contributed by atoms with E-state index in [1.807, 2.05) is 31.2 Å². The fourth-order valence-corrected chi connectivity index (χ4v) is 4.18. The number of benzene rings is 2. The van der Waals surface area contributed by atoms with Crippen LogP contribution in [0.2, 0.25) is 0 Å². The molecule has 0 spiro atoms. The maximum Gasteiger partial charge on any atom is 0.239 e. The van der Waals surface area contributed by atoms with Crippen LogP contribution in [0.1, 0.15) is 54.7 Å². The molecule has 0 saturated heterocycles. The number of guanidine groups is 1. The van der Waals surface area contributed by atoms with Gasteiger partial charge >= 0.3 is 0 Å². The Bertz CT molecular complexity index is 901. The maximum absolute atomic E-state index is 13.2. The second kappa shape index (κ2) is 6.41. The van der Waals surface area contributed by atoms with Crippen LogP contribution in [0.4, 0.5) is 5.69 Å². The molecule has 1 fully saturated rings. The molecule has 0 bridgehead atoms. The minimum Gasteiger partial charge on any atom is -0.399 e. The monoisotopic (exact) mass is 362 g/mol. The third-order valence-corrected chi connectivity index (χ3v) is 6.15. The van der Waals surface area contributed by atoms with Gasteiger partial charge in [-0.15, -0.1) is 0 Å². The molecule has 1 aliphatic heterocycles. The van der Waals surface area contributed by atoms with E-state index in [0.717, 1.165) is 11.1 Å². The lowest BCUT2D eigenvalue weighted by molar-refractivity contribution is -0.130. The number of carbonyl (C=O) groups is 1. The Morgan fingerprint density at radius 1 is 1.07 bits per heavy atom. The van der Waals surface area contributed by atoms with Crippen LogP contribution < -0.4 is 11.5 Å². The Balaban J connectivity index is 1.80. The van der Waals surface area contributed by atoms with E-state index in [0.29, 0.717) is 11.6 Å².